The van der Waals surface area contributed by atoms with Crippen LogP contribution < -0.4 is 10.2 Å². The minimum Gasteiger partial charge on any atom is -0.384 e. The second-order valence-electron chi connectivity index (χ2n) is 6.73. The number of nitrogens with one attached hydrogen (secondary N) is 1. The summed E-state index contributed by atoms with van der Waals surface area (Å²) in [7, 11) is 1.68. The van der Waals surface area contributed by atoms with E-state index in [0.717, 1.165) is 25.9 Å². The van der Waals surface area contributed by atoms with E-state index >= 15 is 0 Å². The van der Waals surface area contributed by atoms with Gasteiger partial charge in [0, 0.05) is 38.3 Å². The average Bonchev–Trinajstić information content (AvgIpc) is 3.10. The van der Waals surface area contributed by atoms with E-state index in [4.69, 9.17) is 9.26 Å². The van der Waals surface area contributed by atoms with Gasteiger partial charge in [-0.05, 0) is 38.3 Å². The third-order valence-corrected chi connectivity index (χ3v) is 4.82. The first-order chi connectivity index (χ1) is 12.2. The largest absolute Gasteiger partial charge is 0.384 e. The molecule has 0 radical (unpaired) electrons. The molecule has 1 fully saturated rings. The first-order valence-corrected chi connectivity index (χ1v) is 9.05. The molecule has 2 aromatic rings. The molecular formula is C19H28N4O2. The van der Waals surface area contributed by atoms with Crippen LogP contribution in [0.2, 0.25) is 0 Å². The van der Waals surface area contributed by atoms with E-state index in [2.05, 4.69) is 58.5 Å². The quantitative estimate of drug-likeness (QED) is 0.833. The molecule has 0 spiro atoms. The summed E-state index contributed by atoms with van der Waals surface area (Å²) in [4.78, 5) is 6.94. The molecule has 1 aromatic heterocycles. The summed E-state index contributed by atoms with van der Waals surface area (Å²) < 4.78 is 10.4. The number of anilines is 1. The lowest BCUT2D eigenvalue weighted by Crippen LogP contribution is -2.43. The van der Waals surface area contributed by atoms with E-state index in [0.29, 0.717) is 30.8 Å². The van der Waals surface area contributed by atoms with Crippen LogP contribution >= 0.6 is 0 Å². The van der Waals surface area contributed by atoms with Crippen LogP contribution in [0.5, 0.6) is 0 Å². The normalized spacial score (nSPS) is 17.0. The van der Waals surface area contributed by atoms with Gasteiger partial charge in [0.05, 0.1) is 12.6 Å². The van der Waals surface area contributed by atoms with Crippen LogP contribution in [0, 0.1) is 6.92 Å². The van der Waals surface area contributed by atoms with Gasteiger partial charge in [-0.15, -0.1) is 0 Å². The first-order valence-electron chi connectivity index (χ1n) is 9.05. The highest BCUT2D eigenvalue weighted by Crippen LogP contribution is 2.24. The van der Waals surface area contributed by atoms with Crippen LogP contribution in [0.1, 0.15) is 43.1 Å². The summed E-state index contributed by atoms with van der Waals surface area (Å²) in [5, 5.41) is 7.65. The standard InChI is InChI=1S/C19H28N4O2/c1-14-6-4-5-7-17(14)23-11-8-16(9-12-23)20-15(2)19-21-18(22-25-19)10-13-24-3/h4-7,15-16,20H,8-13H2,1-3H3/t15-/m0/s1. The van der Waals surface area contributed by atoms with Crippen molar-refractivity contribution in [3.05, 3.63) is 41.5 Å². The molecule has 6 heteroatoms. The number of methoxy groups -OCH3 is 1. The van der Waals surface area contributed by atoms with Gasteiger partial charge in [-0.2, -0.15) is 4.98 Å². The second-order valence-corrected chi connectivity index (χ2v) is 6.73. The Labute approximate surface area is 149 Å². The van der Waals surface area contributed by atoms with Crippen LogP contribution in [0.25, 0.3) is 0 Å². The highest BCUT2D eigenvalue weighted by Gasteiger charge is 2.23. The zero-order chi connectivity index (χ0) is 17.6. The Hall–Kier alpha value is -1.92. The first kappa shape index (κ1) is 17.9. The average molecular weight is 344 g/mol. The Morgan fingerprint density at radius 3 is 2.80 bits per heavy atom. The van der Waals surface area contributed by atoms with Gasteiger partial charge in [0.25, 0.3) is 0 Å². The van der Waals surface area contributed by atoms with E-state index in [9.17, 15) is 0 Å². The van der Waals surface area contributed by atoms with Crippen LogP contribution in [-0.4, -0.2) is 43.0 Å². The lowest BCUT2D eigenvalue weighted by Gasteiger charge is -2.35. The van der Waals surface area contributed by atoms with E-state index in [1.54, 1.807) is 7.11 Å². The number of rotatable bonds is 7. The summed E-state index contributed by atoms with van der Waals surface area (Å²) in [6.45, 7) is 7.01. The molecule has 136 valence electrons. The minimum atomic E-state index is 0.0683. The monoisotopic (exact) mass is 344 g/mol. The lowest BCUT2D eigenvalue weighted by atomic mass is 10.0. The van der Waals surface area contributed by atoms with E-state index in [1.165, 1.54) is 11.3 Å². The number of hydrogen-bond donors (Lipinski definition) is 1. The van der Waals surface area contributed by atoms with E-state index in [-0.39, 0.29) is 6.04 Å². The van der Waals surface area contributed by atoms with Gasteiger partial charge in [0.2, 0.25) is 5.89 Å². The van der Waals surface area contributed by atoms with Gasteiger partial charge in [-0.25, -0.2) is 0 Å². The van der Waals surface area contributed by atoms with Gasteiger partial charge in [0.15, 0.2) is 5.82 Å². The number of piperidine rings is 1. The molecular weight excluding hydrogens is 316 g/mol. The Balaban J connectivity index is 1.50. The Kier molecular flexibility index (Phi) is 6.04. The SMILES string of the molecule is COCCc1noc([C@H](C)NC2CCN(c3ccccc3C)CC2)n1. The number of aryl methyl sites for hydroxylation is 1. The molecule has 0 unspecified atom stereocenters. The molecule has 0 amide bonds. The molecule has 1 atom stereocenters. The maximum atomic E-state index is 5.38. The summed E-state index contributed by atoms with van der Waals surface area (Å²) in [5.41, 5.74) is 2.70. The fourth-order valence-electron chi connectivity index (χ4n) is 3.37. The molecule has 3 rings (SSSR count). The summed E-state index contributed by atoms with van der Waals surface area (Å²) in [6.07, 6.45) is 2.91. The molecule has 0 aliphatic carbocycles. The fraction of sp³-hybridized carbons (Fsp3) is 0.579. The molecule has 0 saturated carbocycles. The number of hydrogen-bond acceptors (Lipinski definition) is 6. The van der Waals surface area contributed by atoms with Crippen LogP contribution in [0.15, 0.2) is 28.8 Å². The van der Waals surface area contributed by atoms with Crippen LogP contribution in [-0.2, 0) is 11.2 Å². The van der Waals surface area contributed by atoms with Crippen molar-refractivity contribution in [1.82, 2.24) is 15.5 Å². The van der Waals surface area contributed by atoms with Crippen molar-refractivity contribution in [3.8, 4) is 0 Å². The summed E-state index contributed by atoms with van der Waals surface area (Å²) >= 11 is 0. The maximum Gasteiger partial charge on any atom is 0.243 e. The van der Waals surface area contributed by atoms with E-state index < -0.39 is 0 Å². The van der Waals surface area contributed by atoms with Crippen LogP contribution in [0.4, 0.5) is 5.69 Å². The molecule has 1 aromatic carbocycles. The fourth-order valence-corrected chi connectivity index (χ4v) is 3.37. The Bertz CT molecular complexity index is 665. The lowest BCUT2D eigenvalue weighted by molar-refractivity contribution is 0.199. The number of aromatic nitrogens is 2. The Morgan fingerprint density at radius 2 is 2.08 bits per heavy atom. The highest BCUT2D eigenvalue weighted by molar-refractivity contribution is 5.53. The zero-order valence-electron chi connectivity index (χ0n) is 15.4. The van der Waals surface area contributed by atoms with Gasteiger partial charge >= 0.3 is 0 Å². The van der Waals surface area contributed by atoms with Gasteiger partial charge < -0.3 is 19.5 Å². The molecule has 1 aliphatic heterocycles. The van der Waals surface area contributed by atoms with Crippen molar-refractivity contribution in [2.24, 2.45) is 0 Å². The number of para-hydroxylation sites is 1. The number of ether oxygens (including phenoxy) is 1. The predicted octanol–water partition coefficient (Wildman–Crippen LogP) is 2.89. The third kappa shape index (κ3) is 4.58. The van der Waals surface area contributed by atoms with Crippen molar-refractivity contribution in [1.29, 1.82) is 0 Å². The highest BCUT2D eigenvalue weighted by atomic mass is 16.5. The van der Waals surface area contributed by atoms with Crippen molar-refractivity contribution in [2.45, 2.75) is 45.2 Å². The van der Waals surface area contributed by atoms with Gasteiger partial charge in [-0.1, -0.05) is 23.4 Å². The van der Waals surface area contributed by atoms with Crippen molar-refractivity contribution >= 4 is 5.69 Å². The third-order valence-electron chi connectivity index (χ3n) is 4.82. The summed E-state index contributed by atoms with van der Waals surface area (Å²) in [6, 6.07) is 9.15. The topological polar surface area (TPSA) is 63.4 Å². The molecule has 1 aliphatic rings. The van der Waals surface area contributed by atoms with E-state index in [1.807, 2.05) is 0 Å². The smallest absolute Gasteiger partial charge is 0.243 e. The zero-order valence-corrected chi connectivity index (χ0v) is 15.4. The van der Waals surface area contributed by atoms with Gasteiger partial charge in [-0.3, -0.25) is 0 Å². The van der Waals surface area contributed by atoms with Crippen molar-refractivity contribution < 1.29 is 9.26 Å². The molecule has 0 bridgehead atoms. The Morgan fingerprint density at radius 1 is 1.32 bits per heavy atom. The second kappa shape index (κ2) is 8.45. The van der Waals surface area contributed by atoms with Crippen molar-refractivity contribution in [3.63, 3.8) is 0 Å². The number of benzene rings is 1. The molecule has 1 N–H and O–H groups in total. The molecule has 25 heavy (non-hydrogen) atoms. The predicted molar refractivity (Wildman–Crippen MR) is 97.8 cm³/mol. The molecule has 2 heterocycles. The molecule has 6 nitrogen and oxygen atoms in total. The summed E-state index contributed by atoms with van der Waals surface area (Å²) in [5.74, 6) is 1.37. The number of nitrogens with zero attached hydrogens (tertiary/aromatic N) is 3. The van der Waals surface area contributed by atoms with Crippen molar-refractivity contribution in [2.75, 3.05) is 31.7 Å². The minimum absolute atomic E-state index is 0.0683. The molecule has 1 saturated heterocycles. The van der Waals surface area contributed by atoms with Crippen LogP contribution in [0.3, 0.4) is 0 Å². The van der Waals surface area contributed by atoms with Gasteiger partial charge in [0.1, 0.15) is 0 Å². The maximum absolute atomic E-state index is 5.38.